The van der Waals surface area contributed by atoms with Crippen molar-refractivity contribution in [1.82, 2.24) is 10.3 Å². The Labute approximate surface area is 113 Å². The lowest BCUT2D eigenvalue weighted by atomic mass is 10.1. The fourth-order valence-electron chi connectivity index (χ4n) is 2.27. The third kappa shape index (κ3) is 4.05. The summed E-state index contributed by atoms with van der Waals surface area (Å²) in [5, 5.41) is 9.17. The van der Waals surface area contributed by atoms with Gasteiger partial charge in [-0.15, -0.1) is 0 Å². The zero-order valence-corrected chi connectivity index (χ0v) is 11.6. The Morgan fingerprint density at radius 2 is 2.21 bits per heavy atom. The molecular formula is C13H23N3O3. The van der Waals surface area contributed by atoms with Crippen molar-refractivity contribution in [2.75, 3.05) is 13.2 Å². The number of aliphatic hydroxyl groups is 1. The van der Waals surface area contributed by atoms with Gasteiger partial charge in [0.15, 0.2) is 5.76 Å². The number of hydrazine groups is 1. The molecule has 4 N–H and O–H groups in total. The number of carbonyl (C=O) groups is 1. The first-order chi connectivity index (χ1) is 9.17. The van der Waals surface area contributed by atoms with Gasteiger partial charge in [0.2, 0.25) is 0 Å². The van der Waals surface area contributed by atoms with Crippen LogP contribution in [0.5, 0.6) is 0 Å². The van der Waals surface area contributed by atoms with Crippen molar-refractivity contribution in [2.24, 2.45) is 5.84 Å². The molecule has 0 aromatic carbocycles. The van der Waals surface area contributed by atoms with Crippen molar-refractivity contribution in [2.45, 2.75) is 39.3 Å². The van der Waals surface area contributed by atoms with Gasteiger partial charge in [-0.05, 0) is 18.9 Å². The van der Waals surface area contributed by atoms with E-state index in [-0.39, 0.29) is 12.4 Å². The molecule has 0 radical (unpaired) electrons. The number of nitrogens with one attached hydrogen (secondary N) is 1. The van der Waals surface area contributed by atoms with E-state index in [1.54, 1.807) is 6.07 Å². The SMILES string of the molecule is CCC(CC)N(CCO)Cc1ccoc1C(=O)NN. The quantitative estimate of drug-likeness (QED) is 0.370. The summed E-state index contributed by atoms with van der Waals surface area (Å²) in [6.45, 7) is 5.45. The second kappa shape index (κ2) is 7.93. The van der Waals surface area contributed by atoms with E-state index in [2.05, 4.69) is 24.2 Å². The molecule has 1 amide bonds. The molecule has 0 atom stereocenters. The summed E-state index contributed by atoms with van der Waals surface area (Å²) in [7, 11) is 0. The molecule has 0 fully saturated rings. The Balaban J connectivity index is 2.84. The fraction of sp³-hybridized carbons (Fsp3) is 0.615. The number of rotatable bonds is 8. The molecule has 0 saturated carbocycles. The first kappa shape index (κ1) is 15.7. The summed E-state index contributed by atoms with van der Waals surface area (Å²) in [6, 6.07) is 2.13. The molecule has 108 valence electrons. The summed E-state index contributed by atoms with van der Waals surface area (Å²) in [5.41, 5.74) is 2.85. The summed E-state index contributed by atoms with van der Waals surface area (Å²) in [4.78, 5) is 13.7. The smallest absolute Gasteiger partial charge is 0.301 e. The molecule has 1 heterocycles. The molecule has 0 bridgehead atoms. The highest BCUT2D eigenvalue weighted by Crippen LogP contribution is 2.17. The van der Waals surface area contributed by atoms with E-state index in [0.29, 0.717) is 19.1 Å². The lowest BCUT2D eigenvalue weighted by Crippen LogP contribution is -2.37. The van der Waals surface area contributed by atoms with Gasteiger partial charge in [0.05, 0.1) is 12.9 Å². The average molecular weight is 269 g/mol. The van der Waals surface area contributed by atoms with Crippen LogP contribution < -0.4 is 11.3 Å². The normalized spacial score (nSPS) is 11.3. The van der Waals surface area contributed by atoms with Crippen LogP contribution >= 0.6 is 0 Å². The van der Waals surface area contributed by atoms with Crippen LogP contribution in [0.25, 0.3) is 0 Å². The molecule has 0 saturated heterocycles. The number of carbonyl (C=O) groups excluding carboxylic acids is 1. The van der Waals surface area contributed by atoms with Gasteiger partial charge < -0.3 is 9.52 Å². The second-order valence-corrected chi connectivity index (χ2v) is 4.41. The maximum absolute atomic E-state index is 11.5. The third-order valence-corrected chi connectivity index (χ3v) is 3.30. The van der Waals surface area contributed by atoms with Crippen LogP contribution in [-0.4, -0.2) is 35.1 Å². The Hall–Kier alpha value is -1.37. The number of amides is 1. The molecular weight excluding hydrogens is 246 g/mol. The summed E-state index contributed by atoms with van der Waals surface area (Å²) >= 11 is 0. The van der Waals surface area contributed by atoms with Crippen molar-refractivity contribution < 1.29 is 14.3 Å². The number of furan rings is 1. The van der Waals surface area contributed by atoms with E-state index in [1.807, 2.05) is 0 Å². The van der Waals surface area contributed by atoms with Crippen molar-refractivity contribution in [3.8, 4) is 0 Å². The largest absolute Gasteiger partial charge is 0.459 e. The summed E-state index contributed by atoms with van der Waals surface area (Å²) < 4.78 is 5.16. The topological polar surface area (TPSA) is 91.7 Å². The maximum atomic E-state index is 11.5. The zero-order chi connectivity index (χ0) is 14.3. The van der Waals surface area contributed by atoms with E-state index < -0.39 is 5.91 Å². The predicted molar refractivity (Wildman–Crippen MR) is 72.2 cm³/mol. The minimum atomic E-state index is -0.437. The van der Waals surface area contributed by atoms with Gasteiger partial charge in [-0.2, -0.15) is 0 Å². The van der Waals surface area contributed by atoms with E-state index in [1.165, 1.54) is 6.26 Å². The molecule has 6 heteroatoms. The number of nitrogens with two attached hydrogens (primary N) is 1. The van der Waals surface area contributed by atoms with Gasteiger partial charge in [0.1, 0.15) is 0 Å². The predicted octanol–water partition coefficient (Wildman–Crippen LogP) is 0.866. The monoisotopic (exact) mass is 269 g/mol. The van der Waals surface area contributed by atoms with Crippen LogP contribution in [-0.2, 0) is 6.54 Å². The molecule has 6 nitrogen and oxygen atoms in total. The highest BCUT2D eigenvalue weighted by atomic mass is 16.3. The van der Waals surface area contributed by atoms with Gasteiger partial charge in [0.25, 0.3) is 0 Å². The molecule has 0 spiro atoms. The van der Waals surface area contributed by atoms with Crippen LogP contribution in [0.3, 0.4) is 0 Å². The molecule has 0 aliphatic carbocycles. The second-order valence-electron chi connectivity index (χ2n) is 4.41. The number of hydrogen-bond donors (Lipinski definition) is 3. The Morgan fingerprint density at radius 3 is 2.74 bits per heavy atom. The number of aliphatic hydroxyl groups excluding tert-OH is 1. The molecule has 1 aromatic rings. The van der Waals surface area contributed by atoms with Gasteiger partial charge in [0, 0.05) is 24.7 Å². The Bertz CT molecular complexity index is 388. The summed E-state index contributed by atoms with van der Waals surface area (Å²) in [5.74, 6) is 4.92. The van der Waals surface area contributed by atoms with Crippen molar-refractivity contribution in [3.63, 3.8) is 0 Å². The summed E-state index contributed by atoms with van der Waals surface area (Å²) in [6.07, 6.45) is 3.46. The first-order valence-corrected chi connectivity index (χ1v) is 6.60. The van der Waals surface area contributed by atoms with Crippen molar-refractivity contribution in [3.05, 3.63) is 23.7 Å². The van der Waals surface area contributed by atoms with E-state index >= 15 is 0 Å². The third-order valence-electron chi connectivity index (χ3n) is 3.30. The lowest BCUT2D eigenvalue weighted by Gasteiger charge is -2.29. The van der Waals surface area contributed by atoms with Crippen molar-refractivity contribution >= 4 is 5.91 Å². The standard InChI is InChI=1S/C13H23N3O3/c1-3-11(4-2)16(6-7-17)9-10-5-8-19-12(10)13(18)15-14/h5,8,11,17H,3-4,6-7,9,14H2,1-2H3,(H,15,18). The number of hydrogen-bond acceptors (Lipinski definition) is 5. The highest BCUT2D eigenvalue weighted by Gasteiger charge is 2.20. The highest BCUT2D eigenvalue weighted by molar-refractivity contribution is 5.92. The van der Waals surface area contributed by atoms with E-state index in [4.69, 9.17) is 15.4 Å². The minimum absolute atomic E-state index is 0.0900. The van der Waals surface area contributed by atoms with E-state index in [0.717, 1.165) is 18.4 Å². The zero-order valence-electron chi connectivity index (χ0n) is 11.6. The van der Waals surface area contributed by atoms with Crippen LogP contribution in [0.2, 0.25) is 0 Å². The number of nitrogen functional groups attached to an aromatic ring is 1. The van der Waals surface area contributed by atoms with E-state index in [9.17, 15) is 4.79 Å². The maximum Gasteiger partial charge on any atom is 0.301 e. The molecule has 0 aliphatic heterocycles. The fourth-order valence-corrected chi connectivity index (χ4v) is 2.27. The number of nitrogens with zero attached hydrogens (tertiary/aromatic N) is 1. The molecule has 0 unspecified atom stereocenters. The Kier molecular flexibility index (Phi) is 6.55. The van der Waals surface area contributed by atoms with Gasteiger partial charge in [-0.25, -0.2) is 5.84 Å². The van der Waals surface area contributed by atoms with Crippen LogP contribution in [0, 0.1) is 0 Å². The van der Waals surface area contributed by atoms with Crippen LogP contribution in [0.4, 0.5) is 0 Å². The minimum Gasteiger partial charge on any atom is -0.459 e. The molecule has 1 rings (SSSR count). The van der Waals surface area contributed by atoms with Crippen LogP contribution in [0.1, 0.15) is 42.8 Å². The molecule has 19 heavy (non-hydrogen) atoms. The molecule has 1 aromatic heterocycles. The average Bonchev–Trinajstić information content (AvgIpc) is 2.87. The van der Waals surface area contributed by atoms with Gasteiger partial charge in [-0.3, -0.25) is 15.1 Å². The van der Waals surface area contributed by atoms with Gasteiger partial charge >= 0.3 is 5.91 Å². The van der Waals surface area contributed by atoms with Crippen LogP contribution in [0.15, 0.2) is 16.7 Å². The molecule has 0 aliphatic rings. The lowest BCUT2D eigenvalue weighted by molar-refractivity contribution is 0.0919. The Morgan fingerprint density at radius 1 is 1.53 bits per heavy atom. The van der Waals surface area contributed by atoms with Crippen molar-refractivity contribution in [1.29, 1.82) is 0 Å². The van der Waals surface area contributed by atoms with Gasteiger partial charge in [-0.1, -0.05) is 13.8 Å². The first-order valence-electron chi connectivity index (χ1n) is 6.60.